The van der Waals surface area contributed by atoms with Gasteiger partial charge < -0.3 is 19.0 Å². The number of nitrogens with one attached hydrogen (secondary N) is 1. The van der Waals surface area contributed by atoms with E-state index in [1.165, 1.54) is 0 Å². The van der Waals surface area contributed by atoms with Crippen LogP contribution in [0.15, 0.2) is 59.0 Å². The summed E-state index contributed by atoms with van der Waals surface area (Å²) in [6.07, 6.45) is -0.637. The fraction of sp³-hybridized carbons (Fsp3) is 0.360. The second-order valence-electron chi connectivity index (χ2n) is 8.52. The van der Waals surface area contributed by atoms with Crippen LogP contribution >= 0.6 is 0 Å². The van der Waals surface area contributed by atoms with Gasteiger partial charge in [0.2, 0.25) is 5.89 Å². The van der Waals surface area contributed by atoms with Crippen molar-refractivity contribution in [3.05, 3.63) is 71.6 Å². The number of hydrogen-bond acceptors (Lipinski definition) is 6. The standard InChI is InChI=1S/C25H30N2O5/c1-17-21(26-23(31-17)19-8-6-5-7-9-19)16-30-20-13-10-18(11-14-20)12-15-22(28)27-24(29)32-25(2,3)4/h5-11,13-14,22,28H,12,15-16H2,1-4H3,(H,27,29). The molecule has 0 aliphatic heterocycles. The van der Waals surface area contributed by atoms with Crippen LogP contribution < -0.4 is 10.1 Å². The molecule has 7 heteroatoms. The van der Waals surface area contributed by atoms with Crippen LogP contribution in [0.3, 0.4) is 0 Å². The number of benzene rings is 2. The number of aliphatic hydroxyl groups is 1. The van der Waals surface area contributed by atoms with Crippen molar-refractivity contribution in [3.63, 3.8) is 0 Å². The molecule has 0 saturated heterocycles. The van der Waals surface area contributed by atoms with Gasteiger partial charge in [0.05, 0.1) is 0 Å². The topological polar surface area (TPSA) is 93.8 Å². The first-order chi connectivity index (χ1) is 15.2. The quantitative estimate of drug-likeness (QED) is 0.481. The summed E-state index contributed by atoms with van der Waals surface area (Å²) >= 11 is 0. The summed E-state index contributed by atoms with van der Waals surface area (Å²) in [7, 11) is 0. The molecule has 3 aromatic rings. The molecule has 0 aliphatic carbocycles. The average molecular weight is 439 g/mol. The highest BCUT2D eigenvalue weighted by Crippen LogP contribution is 2.23. The number of rotatable bonds is 8. The minimum Gasteiger partial charge on any atom is -0.487 e. The van der Waals surface area contributed by atoms with Gasteiger partial charge in [0.15, 0.2) is 0 Å². The van der Waals surface area contributed by atoms with E-state index in [9.17, 15) is 9.90 Å². The number of ether oxygens (including phenoxy) is 2. The monoisotopic (exact) mass is 438 g/mol. The Hall–Kier alpha value is -3.32. The van der Waals surface area contributed by atoms with E-state index in [0.717, 1.165) is 22.6 Å². The Labute approximate surface area is 188 Å². The molecule has 0 aliphatic rings. The zero-order valence-electron chi connectivity index (χ0n) is 18.9. The third kappa shape index (κ3) is 7.13. The van der Waals surface area contributed by atoms with E-state index in [1.54, 1.807) is 20.8 Å². The van der Waals surface area contributed by atoms with E-state index in [4.69, 9.17) is 13.9 Å². The number of amides is 1. The molecule has 0 spiro atoms. The highest BCUT2D eigenvalue weighted by Gasteiger charge is 2.18. The maximum atomic E-state index is 11.7. The highest BCUT2D eigenvalue weighted by atomic mass is 16.6. The van der Waals surface area contributed by atoms with Crippen molar-refractivity contribution in [2.75, 3.05) is 0 Å². The van der Waals surface area contributed by atoms with E-state index in [1.807, 2.05) is 61.5 Å². The number of aromatic nitrogens is 1. The van der Waals surface area contributed by atoms with Gasteiger partial charge in [-0.05, 0) is 70.4 Å². The lowest BCUT2D eigenvalue weighted by Crippen LogP contribution is -2.39. The van der Waals surface area contributed by atoms with Gasteiger partial charge in [0.25, 0.3) is 0 Å². The fourth-order valence-corrected chi connectivity index (χ4v) is 2.99. The summed E-state index contributed by atoms with van der Waals surface area (Å²) in [5.41, 5.74) is 2.10. The van der Waals surface area contributed by atoms with E-state index >= 15 is 0 Å². The van der Waals surface area contributed by atoms with Gasteiger partial charge in [-0.25, -0.2) is 9.78 Å². The van der Waals surface area contributed by atoms with Crippen molar-refractivity contribution in [1.82, 2.24) is 10.3 Å². The van der Waals surface area contributed by atoms with Gasteiger partial charge in [0, 0.05) is 5.56 Å². The molecule has 1 aromatic heterocycles. The van der Waals surface area contributed by atoms with E-state index < -0.39 is 17.9 Å². The molecule has 0 radical (unpaired) electrons. The van der Waals surface area contributed by atoms with Crippen molar-refractivity contribution >= 4 is 6.09 Å². The van der Waals surface area contributed by atoms with Gasteiger partial charge in [-0.2, -0.15) is 0 Å². The van der Waals surface area contributed by atoms with Crippen LogP contribution in [-0.2, 0) is 17.8 Å². The zero-order chi connectivity index (χ0) is 23.1. The van der Waals surface area contributed by atoms with Crippen molar-refractivity contribution in [3.8, 4) is 17.2 Å². The van der Waals surface area contributed by atoms with Crippen molar-refractivity contribution in [1.29, 1.82) is 0 Å². The minimum absolute atomic E-state index is 0.306. The van der Waals surface area contributed by atoms with Crippen LogP contribution in [0.25, 0.3) is 11.5 Å². The van der Waals surface area contributed by atoms with Gasteiger partial charge >= 0.3 is 6.09 Å². The van der Waals surface area contributed by atoms with Crippen molar-refractivity contribution in [2.24, 2.45) is 0 Å². The summed E-state index contributed by atoms with van der Waals surface area (Å²) in [5, 5.41) is 12.4. The number of aliphatic hydroxyl groups excluding tert-OH is 1. The number of carbonyl (C=O) groups is 1. The maximum Gasteiger partial charge on any atom is 0.409 e. The van der Waals surface area contributed by atoms with E-state index in [0.29, 0.717) is 31.1 Å². The third-order valence-electron chi connectivity index (χ3n) is 4.60. The number of alkyl carbamates (subject to hydrolysis) is 1. The Morgan fingerprint density at radius 3 is 2.47 bits per heavy atom. The van der Waals surface area contributed by atoms with Crippen LogP contribution in [0.1, 0.15) is 44.2 Å². The largest absolute Gasteiger partial charge is 0.487 e. The molecule has 2 aromatic carbocycles. The van der Waals surface area contributed by atoms with E-state index in [2.05, 4.69) is 10.3 Å². The maximum absolute atomic E-state index is 11.7. The summed E-state index contributed by atoms with van der Waals surface area (Å²) in [6, 6.07) is 17.3. The lowest BCUT2D eigenvalue weighted by molar-refractivity contribution is 0.0345. The molecule has 32 heavy (non-hydrogen) atoms. The van der Waals surface area contributed by atoms with Crippen LogP contribution in [0.4, 0.5) is 4.79 Å². The van der Waals surface area contributed by atoms with Crippen LogP contribution in [-0.4, -0.2) is 28.0 Å². The van der Waals surface area contributed by atoms with Gasteiger partial charge in [0.1, 0.15) is 35.6 Å². The smallest absolute Gasteiger partial charge is 0.409 e. The number of aryl methyl sites for hydroxylation is 2. The molecule has 0 bridgehead atoms. The number of oxazole rings is 1. The minimum atomic E-state index is -0.977. The molecule has 1 heterocycles. The molecule has 0 fully saturated rings. The molecule has 3 rings (SSSR count). The SMILES string of the molecule is Cc1oc(-c2ccccc2)nc1COc1ccc(CCC(O)NC(=O)OC(C)(C)C)cc1. The molecule has 1 atom stereocenters. The summed E-state index contributed by atoms with van der Waals surface area (Å²) in [5.74, 6) is 2.02. The fourth-order valence-electron chi connectivity index (χ4n) is 2.99. The Morgan fingerprint density at radius 1 is 1.12 bits per heavy atom. The average Bonchev–Trinajstić information content (AvgIpc) is 3.11. The lowest BCUT2D eigenvalue weighted by atomic mass is 10.1. The number of nitrogens with zero attached hydrogens (tertiary/aromatic N) is 1. The molecular weight excluding hydrogens is 408 g/mol. The Bertz CT molecular complexity index is 1010. The molecule has 7 nitrogen and oxygen atoms in total. The highest BCUT2D eigenvalue weighted by molar-refractivity contribution is 5.67. The Kier molecular flexibility index (Phi) is 7.53. The predicted molar refractivity (Wildman–Crippen MR) is 121 cm³/mol. The number of carbonyl (C=O) groups excluding carboxylic acids is 1. The lowest BCUT2D eigenvalue weighted by Gasteiger charge is -2.21. The molecular formula is C25H30N2O5. The predicted octanol–water partition coefficient (Wildman–Crippen LogP) is 5.00. The normalized spacial score (nSPS) is 12.3. The van der Waals surface area contributed by atoms with Gasteiger partial charge in [-0.15, -0.1) is 0 Å². The molecule has 0 saturated carbocycles. The van der Waals surface area contributed by atoms with Crippen molar-refractivity contribution < 1.29 is 23.8 Å². The zero-order valence-corrected chi connectivity index (χ0v) is 18.9. The second-order valence-corrected chi connectivity index (χ2v) is 8.52. The first-order valence-corrected chi connectivity index (χ1v) is 10.6. The second kappa shape index (κ2) is 10.3. The first-order valence-electron chi connectivity index (χ1n) is 10.6. The summed E-state index contributed by atoms with van der Waals surface area (Å²) < 4.78 is 16.8. The van der Waals surface area contributed by atoms with E-state index in [-0.39, 0.29) is 0 Å². The molecule has 170 valence electrons. The van der Waals surface area contributed by atoms with Crippen molar-refractivity contribution in [2.45, 2.75) is 59.0 Å². The molecule has 1 amide bonds. The van der Waals surface area contributed by atoms with Gasteiger partial charge in [-0.1, -0.05) is 30.3 Å². The third-order valence-corrected chi connectivity index (χ3v) is 4.60. The van der Waals surface area contributed by atoms with Crippen LogP contribution in [0, 0.1) is 6.92 Å². The Morgan fingerprint density at radius 2 is 1.81 bits per heavy atom. The summed E-state index contributed by atoms with van der Waals surface area (Å²) in [4.78, 5) is 16.2. The van der Waals surface area contributed by atoms with Crippen LogP contribution in [0.2, 0.25) is 0 Å². The molecule has 1 unspecified atom stereocenters. The molecule has 2 N–H and O–H groups in total. The summed E-state index contributed by atoms with van der Waals surface area (Å²) in [6.45, 7) is 7.50. The first kappa shape index (κ1) is 23.3. The Balaban J connectivity index is 1.47. The van der Waals surface area contributed by atoms with Crippen LogP contribution in [0.5, 0.6) is 5.75 Å². The number of hydrogen-bond donors (Lipinski definition) is 2. The van der Waals surface area contributed by atoms with Gasteiger partial charge in [-0.3, -0.25) is 5.32 Å².